The Balaban J connectivity index is 0.00000385. The fraction of sp³-hybridized carbons (Fsp3) is 0.320. The van der Waals surface area contributed by atoms with Crippen LogP contribution in [0.1, 0.15) is 41.6 Å². The normalized spacial score (nSPS) is 10.6. The van der Waals surface area contributed by atoms with E-state index in [4.69, 9.17) is 4.74 Å². The number of hydrogen-bond donors (Lipinski definition) is 0. The molecule has 0 atom stereocenters. The van der Waals surface area contributed by atoms with Gasteiger partial charge in [-0.15, -0.1) is 19.0 Å². The van der Waals surface area contributed by atoms with Crippen LogP contribution in [0.3, 0.4) is 0 Å². The average molecular weight is 534 g/mol. The van der Waals surface area contributed by atoms with Crippen LogP contribution in [0.5, 0.6) is 5.75 Å². The summed E-state index contributed by atoms with van der Waals surface area (Å²) >= 11 is 3.41. The lowest BCUT2D eigenvalue weighted by atomic mass is 10.0. The summed E-state index contributed by atoms with van der Waals surface area (Å²) in [5, 5.41) is 4.22. The monoisotopic (exact) mass is 532 g/mol. The van der Waals surface area contributed by atoms with Crippen molar-refractivity contribution in [2.24, 2.45) is 0 Å². The summed E-state index contributed by atoms with van der Waals surface area (Å²) in [6.45, 7) is 6.42. The minimum atomic E-state index is -0.0732. The second-order valence-corrected chi connectivity index (χ2v) is 8.58. The Morgan fingerprint density at radius 1 is 1.15 bits per heavy atom. The molecule has 0 aliphatic heterocycles. The summed E-state index contributed by atoms with van der Waals surface area (Å²) < 4.78 is 8.49. The lowest BCUT2D eigenvalue weighted by Crippen LogP contribution is -2.19. The molecule has 1 heterocycles. The summed E-state index contributed by atoms with van der Waals surface area (Å²) in [5.41, 5.74) is 1.81. The molecule has 1 aromatic heterocycles. The SMILES string of the molecule is C=CCN(C)CCCCCCOc1ccc(C(=O)c2ccc(Br)cc2)c(-n2cncn2)c1.Cl. The summed E-state index contributed by atoms with van der Waals surface area (Å²) in [7, 11) is 2.11. The number of carbonyl (C=O) groups excluding carboxylic acids is 1. The molecule has 0 saturated heterocycles. The van der Waals surface area contributed by atoms with Crippen molar-refractivity contribution in [3.8, 4) is 11.4 Å². The molecule has 0 saturated carbocycles. The van der Waals surface area contributed by atoms with Gasteiger partial charge in [0.2, 0.25) is 0 Å². The molecule has 0 aliphatic carbocycles. The highest BCUT2D eigenvalue weighted by molar-refractivity contribution is 9.10. The van der Waals surface area contributed by atoms with Crippen molar-refractivity contribution >= 4 is 34.1 Å². The molecule has 0 unspecified atom stereocenters. The van der Waals surface area contributed by atoms with Gasteiger partial charge in [0.15, 0.2) is 5.78 Å². The van der Waals surface area contributed by atoms with Crippen LogP contribution in [0.25, 0.3) is 5.69 Å². The second kappa shape index (κ2) is 13.9. The molecule has 3 aromatic rings. The number of halogens is 2. The molecule has 8 heteroatoms. The zero-order valence-corrected chi connectivity index (χ0v) is 21.2. The number of carbonyl (C=O) groups is 1. The van der Waals surface area contributed by atoms with Gasteiger partial charge < -0.3 is 9.64 Å². The van der Waals surface area contributed by atoms with Gasteiger partial charge in [0, 0.05) is 28.2 Å². The first-order valence-electron chi connectivity index (χ1n) is 10.8. The average Bonchev–Trinajstić information content (AvgIpc) is 3.33. The highest BCUT2D eigenvalue weighted by Crippen LogP contribution is 2.24. The molecule has 2 aromatic carbocycles. The first-order valence-corrected chi connectivity index (χ1v) is 11.6. The smallest absolute Gasteiger partial charge is 0.195 e. The van der Waals surface area contributed by atoms with Gasteiger partial charge in [0.05, 0.1) is 12.3 Å². The van der Waals surface area contributed by atoms with Crippen molar-refractivity contribution in [1.29, 1.82) is 0 Å². The maximum Gasteiger partial charge on any atom is 0.195 e. The number of aromatic nitrogens is 3. The zero-order valence-electron chi connectivity index (χ0n) is 18.8. The maximum absolute atomic E-state index is 13.1. The van der Waals surface area contributed by atoms with Crippen molar-refractivity contribution in [2.75, 3.05) is 26.7 Å². The van der Waals surface area contributed by atoms with Crippen molar-refractivity contribution < 1.29 is 9.53 Å². The highest BCUT2D eigenvalue weighted by atomic mass is 79.9. The predicted octanol–water partition coefficient (Wildman–Crippen LogP) is 5.74. The van der Waals surface area contributed by atoms with Crippen LogP contribution in [0.2, 0.25) is 0 Å². The summed E-state index contributed by atoms with van der Waals surface area (Å²) in [6.07, 6.45) is 9.43. The number of likely N-dealkylation sites (N-methyl/N-ethyl adjacent to an activating group) is 1. The molecule has 0 amide bonds. The Morgan fingerprint density at radius 2 is 1.91 bits per heavy atom. The Morgan fingerprint density at radius 3 is 2.61 bits per heavy atom. The van der Waals surface area contributed by atoms with Gasteiger partial charge in [-0.05, 0) is 62.8 Å². The van der Waals surface area contributed by atoms with Gasteiger partial charge in [-0.25, -0.2) is 9.67 Å². The van der Waals surface area contributed by atoms with E-state index in [9.17, 15) is 4.79 Å². The molecular formula is C25H30BrClN4O2. The van der Waals surface area contributed by atoms with Crippen LogP contribution in [-0.4, -0.2) is 52.2 Å². The summed E-state index contributed by atoms with van der Waals surface area (Å²) in [5.74, 6) is 0.643. The lowest BCUT2D eigenvalue weighted by Gasteiger charge is -2.14. The Bertz CT molecular complexity index is 1010. The number of hydrogen-bond acceptors (Lipinski definition) is 5. The molecule has 3 rings (SSSR count). The third-order valence-electron chi connectivity index (χ3n) is 5.13. The van der Waals surface area contributed by atoms with Crippen LogP contribution in [0.15, 0.2) is 72.2 Å². The standard InChI is InChI=1S/C25H29BrN4O2.ClH/c1-3-14-29(2)15-6-4-5-7-16-32-22-12-13-23(24(17-22)30-19-27-18-28-30)25(31)20-8-10-21(26)11-9-20;/h3,8-13,17-19H,1,4-7,14-16H2,2H3;1H. The minimum absolute atomic E-state index is 0. The van der Waals surface area contributed by atoms with E-state index in [0.29, 0.717) is 29.2 Å². The molecule has 0 aliphatic rings. The van der Waals surface area contributed by atoms with Crippen molar-refractivity contribution in [2.45, 2.75) is 25.7 Å². The summed E-state index contributed by atoms with van der Waals surface area (Å²) in [6, 6.07) is 12.8. The van der Waals surface area contributed by atoms with Crippen molar-refractivity contribution in [1.82, 2.24) is 19.7 Å². The quantitative estimate of drug-likeness (QED) is 0.159. The van der Waals surface area contributed by atoms with E-state index in [1.54, 1.807) is 29.2 Å². The Hall–Kier alpha value is -2.48. The van der Waals surface area contributed by atoms with E-state index in [0.717, 1.165) is 30.4 Å². The molecule has 0 N–H and O–H groups in total. The number of ketones is 1. The van der Waals surface area contributed by atoms with Crippen LogP contribution < -0.4 is 4.74 Å². The van der Waals surface area contributed by atoms with Crippen LogP contribution in [-0.2, 0) is 0 Å². The Labute approximate surface area is 210 Å². The number of nitrogens with zero attached hydrogens (tertiary/aromatic N) is 4. The van der Waals surface area contributed by atoms with E-state index in [1.165, 1.54) is 19.2 Å². The molecule has 0 spiro atoms. The van der Waals surface area contributed by atoms with Gasteiger partial charge in [0.25, 0.3) is 0 Å². The zero-order chi connectivity index (χ0) is 22.8. The third kappa shape index (κ3) is 8.11. The topological polar surface area (TPSA) is 60.2 Å². The van der Waals surface area contributed by atoms with E-state index < -0.39 is 0 Å². The highest BCUT2D eigenvalue weighted by Gasteiger charge is 2.16. The largest absolute Gasteiger partial charge is 0.494 e. The first-order chi connectivity index (χ1) is 15.6. The molecule has 0 radical (unpaired) electrons. The third-order valence-corrected chi connectivity index (χ3v) is 5.66. The van der Waals surface area contributed by atoms with Gasteiger partial charge in [0.1, 0.15) is 18.4 Å². The van der Waals surface area contributed by atoms with Gasteiger partial charge in [-0.3, -0.25) is 4.79 Å². The maximum atomic E-state index is 13.1. The number of unbranched alkanes of at least 4 members (excludes halogenated alkanes) is 3. The number of benzene rings is 2. The number of rotatable bonds is 13. The van der Waals surface area contributed by atoms with E-state index in [2.05, 4.69) is 44.5 Å². The molecule has 0 bridgehead atoms. The Kier molecular flexibility index (Phi) is 11.3. The fourth-order valence-corrected chi connectivity index (χ4v) is 3.68. The lowest BCUT2D eigenvalue weighted by molar-refractivity contribution is 0.103. The van der Waals surface area contributed by atoms with Crippen molar-refractivity contribution in [3.05, 3.63) is 83.4 Å². The predicted molar refractivity (Wildman–Crippen MR) is 138 cm³/mol. The fourth-order valence-electron chi connectivity index (χ4n) is 3.41. The first kappa shape index (κ1) is 26.8. The molecule has 6 nitrogen and oxygen atoms in total. The number of ether oxygens (including phenoxy) is 1. The van der Waals surface area contributed by atoms with Crippen LogP contribution in [0, 0.1) is 0 Å². The molecule has 176 valence electrons. The minimum Gasteiger partial charge on any atom is -0.494 e. The van der Waals surface area contributed by atoms with E-state index in [-0.39, 0.29) is 18.2 Å². The molecule has 0 fully saturated rings. The van der Waals surface area contributed by atoms with Crippen molar-refractivity contribution in [3.63, 3.8) is 0 Å². The molecule has 33 heavy (non-hydrogen) atoms. The summed E-state index contributed by atoms with van der Waals surface area (Å²) in [4.78, 5) is 19.4. The molecular weight excluding hydrogens is 504 g/mol. The second-order valence-electron chi connectivity index (χ2n) is 7.67. The van der Waals surface area contributed by atoms with E-state index in [1.807, 2.05) is 30.3 Å². The van der Waals surface area contributed by atoms with E-state index >= 15 is 0 Å². The van der Waals surface area contributed by atoms with Gasteiger partial charge in [-0.2, -0.15) is 5.10 Å². The van der Waals surface area contributed by atoms with Crippen LogP contribution >= 0.6 is 28.3 Å². The van der Waals surface area contributed by atoms with Crippen LogP contribution in [0.4, 0.5) is 0 Å². The van der Waals surface area contributed by atoms with Gasteiger partial charge in [-0.1, -0.05) is 34.8 Å². The van der Waals surface area contributed by atoms with Gasteiger partial charge >= 0.3 is 0 Å².